The number of nitrogens with zero attached hydrogens (tertiary/aromatic N) is 1. The van der Waals surface area contributed by atoms with Crippen molar-refractivity contribution >= 4 is 21.6 Å². The summed E-state index contributed by atoms with van der Waals surface area (Å²) in [4.78, 5) is 2.41. The Labute approximate surface area is 130 Å². The lowest BCUT2D eigenvalue weighted by molar-refractivity contribution is 0.198. The number of hydrogen-bond acceptors (Lipinski definition) is 3. The first-order chi connectivity index (χ1) is 9.54. The lowest BCUT2D eigenvalue weighted by atomic mass is 10.1. The van der Waals surface area contributed by atoms with Gasteiger partial charge in [0, 0.05) is 29.9 Å². The molecule has 1 unspecified atom stereocenters. The summed E-state index contributed by atoms with van der Waals surface area (Å²) in [5, 5.41) is 9.72. The highest BCUT2D eigenvalue weighted by Crippen LogP contribution is 2.38. The van der Waals surface area contributed by atoms with Gasteiger partial charge in [-0.3, -0.25) is 0 Å². The lowest BCUT2D eigenvalue weighted by Gasteiger charge is -2.32. The molecule has 0 heterocycles. The Kier molecular flexibility index (Phi) is 5.47. The van der Waals surface area contributed by atoms with E-state index in [9.17, 15) is 5.11 Å². The molecular formula is C16H24BrNO2. The number of aliphatic hydroxyl groups excluding tert-OH is 1. The number of methoxy groups -OCH3 is 1. The fourth-order valence-electron chi connectivity index (χ4n) is 2.62. The second-order valence-electron chi connectivity index (χ2n) is 5.65. The van der Waals surface area contributed by atoms with Crippen molar-refractivity contribution in [1.82, 2.24) is 0 Å². The van der Waals surface area contributed by atoms with Gasteiger partial charge >= 0.3 is 0 Å². The summed E-state index contributed by atoms with van der Waals surface area (Å²) in [6, 6.07) is 6.75. The first-order valence-corrected chi connectivity index (χ1v) is 8.07. The average molecular weight is 342 g/mol. The minimum Gasteiger partial charge on any atom is -0.389 e. The van der Waals surface area contributed by atoms with E-state index in [-0.39, 0.29) is 0 Å². The van der Waals surface area contributed by atoms with Gasteiger partial charge in [-0.25, -0.2) is 0 Å². The highest BCUT2D eigenvalue weighted by molar-refractivity contribution is 9.10. The van der Waals surface area contributed by atoms with Crippen molar-refractivity contribution in [3.05, 3.63) is 28.2 Å². The molecule has 0 aromatic heterocycles. The van der Waals surface area contributed by atoms with E-state index in [1.165, 1.54) is 18.5 Å². The molecule has 0 aliphatic heterocycles. The summed E-state index contributed by atoms with van der Waals surface area (Å²) in [6.07, 6.45) is 2.21. The summed E-state index contributed by atoms with van der Waals surface area (Å²) in [6.45, 7) is 5.71. The lowest BCUT2D eigenvalue weighted by Crippen LogP contribution is -2.37. The summed E-state index contributed by atoms with van der Waals surface area (Å²) >= 11 is 3.57. The van der Waals surface area contributed by atoms with Crippen LogP contribution in [0.1, 0.15) is 38.4 Å². The molecule has 4 heteroatoms. The molecule has 112 valence electrons. The molecule has 2 rings (SSSR count). The van der Waals surface area contributed by atoms with Gasteiger partial charge < -0.3 is 14.7 Å². The van der Waals surface area contributed by atoms with Crippen LogP contribution in [0.15, 0.2) is 22.7 Å². The van der Waals surface area contributed by atoms with Crippen LogP contribution in [0.5, 0.6) is 0 Å². The maximum absolute atomic E-state index is 9.72. The molecule has 0 amide bonds. The Bertz CT molecular complexity index is 446. The van der Waals surface area contributed by atoms with Gasteiger partial charge in [0.2, 0.25) is 0 Å². The zero-order valence-electron chi connectivity index (χ0n) is 12.5. The monoisotopic (exact) mass is 341 g/mol. The van der Waals surface area contributed by atoms with Crippen molar-refractivity contribution in [2.45, 2.75) is 38.8 Å². The predicted molar refractivity (Wildman–Crippen MR) is 86.2 cm³/mol. The van der Waals surface area contributed by atoms with Crippen molar-refractivity contribution in [3.63, 3.8) is 0 Å². The molecule has 1 saturated carbocycles. The van der Waals surface area contributed by atoms with E-state index in [1.54, 1.807) is 14.0 Å². The molecule has 1 aliphatic carbocycles. The molecule has 0 spiro atoms. The van der Waals surface area contributed by atoms with Crippen molar-refractivity contribution in [2.75, 3.05) is 25.2 Å². The van der Waals surface area contributed by atoms with Crippen molar-refractivity contribution < 1.29 is 9.84 Å². The Morgan fingerprint density at radius 1 is 1.40 bits per heavy atom. The molecule has 0 bridgehead atoms. The summed E-state index contributed by atoms with van der Waals surface area (Å²) < 4.78 is 6.21. The van der Waals surface area contributed by atoms with Crippen LogP contribution in [0.25, 0.3) is 0 Å². The van der Waals surface area contributed by atoms with E-state index in [1.807, 2.05) is 6.07 Å². The molecule has 0 radical (unpaired) electrons. The number of aliphatic hydroxyl groups is 1. The molecule has 1 aromatic rings. The van der Waals surface area contributed by atoms with Gasteiger partial charge in [0.25, 0.3) is 0 Å². The van der Waals surface area contributed by atoms with E-state index >= 15 is 0 Å². The smallest absolute Gasteiger partial charge is 0.0772 e. The largest absolute Gasteiger partial charge is 0.389 e. The Hall–Kier alpha value is -0.580. The fourth-order valence-corrected chi connectivity index (χ4v) is 3.32. The summed E-state index contributed by atoms with van der Waals surface area (Å²) in [7, 11) is 1.74. The second kappa shape index (κ2) is 6.92. The van der Waals surface area contributed by atoms with Crippen LogP contribution in [0.2, 0.25) is 0 Å². The van der Waals surface area contributed by atoms with E-state index in [0.717, 1.165) is 29.1 Å². The zero-order valence-corrected chi connectivity index (χ0v) is 14.1. The maximum Gasteiger partial charge on any atom is 0.0772 e. The van der Waals surface area contributed by atoms with Crippen LogP contribution in [-0.2, 0) is 4.74 Å². The molecule has 3 nitrogen and oxygen atoms in total. The van der Waals surface area contributed by atoms with Gasteiger partial charge in [-0.15, -0.1) is 0 Å². The third-order valence-corrected chi connectivity index (χ3v) is 4.78. The Morgan fingerprint density at radius 2 is 2.10 bits per heavy atom. The van der Waals surface area contributed by atoms with Crippen LogP contribution in [-0.4, -0.2) is 31.4 Å². The summed E-state index contributed by atoms with van der Waals surface area (Å²) in [5.74, 6) is 0.807. The molecule has 1 aliphatic rings. The quantitative estimate of drug-likeness (QED) is 0.819. The topological polar surface area (TPSA) is 32.7 Å². The van der Waals surface area contributed by atoms with E-state index in [2.05, 4.69) is 39.9 Å². The van der Waals surface area contributed by atoms with Crippen molar-refractivity contribution in [3.8, 4) is 0 Å². The van der Waals surface area contributed by atoms with Gasteiger partial charge in [-0.05, 0) is 50.3 Å². The molecule has 1 aromatic carbocycles. The fraction of sp³-hybridized carbons (Fsp3) is 0.625. The third-order valence-electron chi connectivity index (χ3n) is 4.10. The Balaban J connectivity index is 2.21. The predicted octanol–water partition coefficient (Wildman–Crippen LogP) is 3.75. The number of anilines is 1. The number of rotatable bonds is 7. The number of ether oxygens (including phenoxy) is 1. The van der Waals surface area contributed by atoms with Crippen molar-refractivity contribution in [2.24, 2.45) is 5.92 Å². The van der Waals surface area contributed by atoms with Crippen molar-refractivity contribution in [1.29, 1.82) is 0 Å². The second-order valence-corrected chi connectivity index (χ2v) is 6.50. The molecule has 1 fully saturated rings. The van der Waals surface area contributed by atoms with Gasteiger partial charge in [-0.2, -0.15) is 0 Å². The normalized spacial score (nSPS) is 17.9. The highest BCUT2D eigenvalue weighted by Gasteiger charge is 2.32. The van der Waals surface area contributed by atoms with E-state index in [0.29, 0.717) is 6.04 Å². The number of hydrogen-bond donors (Lipinski definition) is 1. The van der Waals surface area contributed by atoms with Gasteiger partial charge in [0.1, 0.15) is 0 Å². The van der Waals surface area contributed by atoms with Gasteiger partial charge in [0.05, 0.1) is 12.7 Å². The number of halogens is 1. The average Bonchev–Trinajstić information content (AvgIpc) is 3.22. The number of benzene rings is 1. The van der Waals surface area contributed by atoms with Crippen LogP contribution >= 0.6 is 15.9 Å². The summed E-state index contributed by atoms with van der Waals surface area (Å²) in [5.41, 5.74) is 2.12. The third kappa shape index (κ3) is 3.74. The first kappa shape index (κ1) is 15.8. The molecule has 2 atom stereocenters. The van der Waals surface area contributed by atoms with Gasteiger partial charge in [-0.1, -0.05) is 22.0 Å². The Morgan fingerprint density at radius 3 is 2.60 bits per heavy atom. The SMILES string of the molecule is COCCN(c1ccc([C@H](C)O)c(Br)c1)C(C)C1CC1. The molecule has 1 N–H and O–H groups in total. The first-order valence-electron chi connectivity index (χ1n) is 7.27. The van der Waals surface area contributed by atoms with Gasteiger partial charge in [0.15, 0.2) is 0 Å². The molecule has 0 saturated heterocycles. The standard InChI is InChI=1S/C16H24BrNO2/c1-11(13-4-5-13)18(8-9-20-3)14-6-7-15(12(2)19)16(17)10-14/h6-7,10-13,19H,4-5,8-9H2,1-3H3/t11?,12-/m0/s1. The van der Waals surface area contributed by atoms with Crippen LogP contribution in [0, 0.1) is 5.92 Å². The zero-order chi connectivity index (χ0) is 14.7. The molecular weight excluding hydrogens is 318 g/mol. The molecule has 20 heavy (non-hydrogen) atoms. The van der Waals surface area contributed by atoms with Crippen LogP contribution < -0.4 is 4.90 Å². The minimum atomic E-state index is -0.452. The van der Waals surface area contributed by atoms with Crippen LogP contribution in [0.3, 0.4) is 0 Å². The highest BCUT2D eigenvalue weighted by atomic mass is 79.9. The minimum absolute atomic E-state index is 0.452. The van der Waals surface area contributed by atoms with E-state index < -0.39 is 6.10 Å². The maximum atomic E-state index is 9.72. The van der Waals surface area contributed by atoms with Crippen LogP contribution in [0.4, 0.5) is 5.69 Å². The van der Waals surface area contributed by atoms with E-state index in [4.69, 9.17) is 4.74 Å².